The fourth-order valence-electron chi connectivity index (χ4n) is 7.14. The summed E-state index contributed by atoms with van der Waals surface area (Å²) in [7, 11) is 0. The first-order valence-corrected chi connectivity index (χ1v) is 16.1. The summed E-state index contributed by atoms with van der Waals surface area (Å²) >= 11 is 0. The number of nitrogens with one attached hydrogen (secondary N) is 1. The highest BCUT2D eigenvalue weighted by atomic mass is 15.2. The molecule has 0 bridgehead atoms. The smallest absolute Gasteiger partial charge is 0.238 e. The van der Waals surface area contributed by atoms with Crippen LogP contribution in [0.2, 0.25) is 0 Å². The van der Waals surface area contributed by atoms with E-state index in [1.165, 1.54) is 27.5 Å². The molecule has 3 heterocycles. The van der Waals surface area contributed by atoms with Crippen molar-refractivity contribution in [3.05, 3.63) is 158 Å². The van der Waals surface area contributed by atoms with Gasteiger partial charge in [0, 0.05) is 44.2 Å². The van der Waals surface area contributed by atoms with Crippen LogP contribution in [0.3, 0.4) is 0 Å². The molecule has 0 fully saturated rings. The molecule has 5 nitrogen and oxygen atoms in total. The van der Waals surface area contributed by atoms with E-state index in [2.05, 4.69) is 107 Å². The number of para-hydroxylation sites is 1. The predicted molar refractivity (Wildman–Crippen MR) is 197 cm³/mol. The zero-order valence-electron chi connectivity index (χ0n) is 25.8. The highest BCUT2D eigenvalue weighted by Gasteiger charge is 2.20. The molecule has 10 rings (SSSR count). The Hall–Kier alpha value is -6.59. The Morgan fingerprint density at radius 3 is 1.83 bits per heavy atom. The van der Waals surface area contributed by atoms with E-state index in [1.54, 1.807) is 0 Å². The van der Waals surface area contributed by atoms with Crippen LogP contribution in [0.1, 0.15) is 0 Å². The first-order valence-electron chi connectivity index (χ1n) is 16.1. The van der Waals surface area contributed by atoms with Crippen molar-refractivity contribution in [2.24, 2.45) is 0 Å². The standard InChI is InChI=1S/C43H27N5/c1-3-11-28(12-4-1)41-45-42(29-13-5-2-6-14-29)47-43(46-41)48-38-20-8-7-17-32(38)35-26-31(22-24-39(35)48)30-21-23-36-34(25-30)33-18-9-15-27-16-10-19-37(44-36)40(27)33/h1-26,44H. The van der Waals surface area contributed by atoms with Crippen LogP contribution in [0.5, 0.6) is 0 Å². The molecule has 48 heavy (non-hydrogen) atoms. The number of benzene rings is 7. The van der Waals surface area contributed by atoms with Crippen LogP contribution >= 0.6 is 0 Å². The SMILES string of the molecule is c1ccc(-c2nc(-c3ccccc3)nc(-n3c4ccccc4c4cc(-c5ccc6c(c5)-c5cccc7cccc(c57)N6)ccc43)n2)cc1. The molecule has 224 valence electrons. The van der Waals surface area contributed by atoms with Crippen molar-refractivity contribution in [3.63, 3.8) is 0 Å². The second kappa shape index (κ2) is 10.5. The van der Waals surface area contributed by atoms with E-state index in [0.717, 1.165) is 49.9 Å². The summed E-state index contributed by atoms with van der Waals surface area (Å²) in [5.41, 5.74) is 11.1. The van der Waals surface area contributed by atoms with E-state index in [9.17, 15) is 0 Å². The second-order valence-electron chi connectivity index (χ2n) is 12.2. The zero-order chi connectivity index (χ0) is 31.6. The van der Waals surface area contributed by atoms with E-state index >= 15 is 0 Å². The molecular formula is C43H27N5. The number of nitrogens with zero attached hydrogens (tertiary/aromatic N) is 4. The molecule has 7 aromatic carbocycles. The largest absolute Gasteiger partial charge is 0.354 e. The van der Waals surface area contributed by atoms with Crippen molar-refractivity contribution in [2.45, 2.75) is 0 Å². The molecule has 9 aromatic rings. The first-order chi connectivity index (χ1) is 23.8. The highest BCUT2D eigenvalue weighted by Crippen LogP contribution is 2.45. The van der Waals surface area contributed by atoms with Gasteiger partial charge in [-0.2, -0.15) is 9.97 Å². The molecule has 0 atom stereocenters. The van der Waals surface area contributed by atoms with Gasteiger partial charge in [-0.3, -0.25) is 4.57 Å². The van der Waals surface area contributed by atoms with Crippen molar-refractivity contribution in [3.8, 4) is 51.0 Å². The highest BCUT2D eigenvalue weighted by molar-refractivity contribution is 6.13. The van der Waals surface area contributed by atoms with Gasteiger partial charge in [-0.05, 0) is 58.5 Å². The van der Waals surface area contributed by atoms with E-state index in [0.29, 0.717) is 17.6 Å². The van der Waals surface area contributed by atoms with Crippen molar-refractivity contribution in [2.75, 3.05) is 5.32 Å². The third kappa shape index (κ3) is 4.15. The van der Waals surface area contributed by atoms with Gasteiger partial charge in [0.2, 0.25) is 5.95 Å². The van der Waals surface area contributed by atoms with Gasteiger partial charge in [0.25, 0.3) is 0 Å². The summed E-state index contributed by atoms with van der Waals surface area (Å²) in [5.74, 6) is 1.87. The fraction of sp³-hybridized carbons (Fsp3) is 0. The van der Waals surface area contributed by atoms with E-state index < -0.39 is 0 Å². The van der Waals surface area contributed by atoms with Gasteiger partial charge in [0.1, 0.15) is 0 Å². The summed E-state index contributed by atoms with van der Waals surface area (Å²) < 4.78 is 2.17. The van der Waals surface area contributed by atoms with Gasteiger partial charge in [-0.25, -0.2) is 4.98 Å². The van der Waals surface area contributed by atoms with Gasteiger partial charge in [0.05, 0.1) is 11.0 Å². The number of rotatable bonds is 4. The summed E-state index contributed by atoms with van der Waals surface area (Å²) in [6.45, 7) is 0. The molecule has 0 saturated carbocycles. The molecule has 0 aliphatic carbocycles. The van der Waals surface area contributed by atoms with Gasteiger partial charge in [-0.15, -0.1) is 0 Å². The van der Waals surface area contributed by atoms with Gasteiger partial charge in [0.15, 0.2) is 11.6 Å². The number of hydrogen-bond donors (Lipinski definition) is 1. The van der Waals surface area contributed by atoms with Gasteiger partial charge in [-0.1, -0.05) is 121 Å². The molecule has 1 aliphatic heterocycles. The molecule has 5 heteroatoms. The maximum Gasteiger partial charge on any atom is 0.238 e. The molecule has 0 amide bonds. The monoisotopic (exact) mass is 613 g/mol. The Bertz CT molecular complexity index is 2630. The Morgan fingerprint density at radius 2 is 1.06 bits per heavy atom. The average molecular weight is 614 g/mol. The van der Waals surface area contributed by atoms with Crippen LogP contribution in [0.25, 0.3) is 83.6 Å². The third-order valence-electron chi connectivity index (χ3n) is 9.38. The van der Waals surface area contributed by atoms with Gasteiger partial charge >= 0.3 is 0 Å². The lowest BCUT2D eigenvalue weighted by atomic mass is 9.90. The Kier molecular flexibility index (Phi) is 5.81. The number of anilines is 2. The zero-order valence-corrected chi connectivity index (χ0v) is 25.8. The average Bonchev–Trinajstić information content (AvgIpc) is 3.49. The first kappa shape index (κ1) is 26.6. The van der Waals surface area contributed by atoms with Gasteiger partial charge < -0.3 is 5.32 Å². The lowest BCUT2D eigenvalue weighted by Gasteiger charge is -2.23. The van der Waals surface area contributed by atoms with Crippen LogP contribution < -0.4 is 5.32 Å². The second-order valence-corrected chi connectivity index (χ2v) is 12.2. The summed E-state index contributed by atoms with van der Waals surface area (Å²) in [6.07, 6.45) is 0. The number of hydrogen-bond acceptors (Lipinski definition) is 4. The molecule has 0 saturated heterocycles. The molecule has 0 radical (unpaired) electrons. The van der Waals surface area contributed by atoms with Crippen LogP contribution in [0, 0.1) is 0 Å². The maximum atomic E-state index is 5.07. The van der Waals surface area contributed by atoms with Crippen molar-refractivity contribution in [1.29, 1.82) is 0 Å². The predicted octanol–water partition coefficient (Wildman–Crippen LogP) is 10.8. The number of aromatic nitrogens is 4. The molecule has 1 aliphatic rings. The Morgan fingerprint density at radius 1 is 0.417 bits per heavy atom. The maximum absolute atomic E-state index is 5.07. The molecule has 0 unspecified atom stereocenters. The molecule has 0 spiro atoms. The van der Waals surface area contributed by atoms with Crippen molar-refractivity contribution in [1.82, 2.24) is 19.5 Å². The molecule has 2 aromatic heterocycles. The lowest BCUT2D eigenvalue weighted by Crippen LogP contribution is -2.06. The van der Waals surface area contributed by atoms with Crippen molar-refractivity contribution < 1.29 is 0 Å². The normalized spacial score (nSPS) is 11.9. The Labute approximate surface area is 276 Å². The van der Waals surface area contributed by atoms with Crippen molar-refractivity contribution >= 4 is 44.0 Å². The quantitative estimate of drug-likeness (QED) is 0.215. The fourth-order valence-corrected chi connectivity index (χ4v) is 7.14. The lowest BCUT2D eigenvalue weighted by molar-refractivity contribution is 0.953. The van der Waals surface area contributed by atoms with E-state index in [1.807, 2.05) is 60.7 Å². The van der Waals surface area contributed by atoms with Crippen LogP contribution in [0.4, 0.5) is 11.4 Å². The summed E-state index contributed by atoms with van der Waals surface area (Å²) in [4.78, 5) is 15.1. The summed E-state index contributed by atoms with van der Waals surface area (Å²) in [6, 6.07) is 55.2. The van der Waals surface area contributed by atoms with E-state index in [4.69, 9.17) is 15.0 Å². The third-order valence-corrected chi connectivity index (χ3v) is 9.38. The van der Waals surface area contributed by atoms with Crippen LogP contribution in [-0.2, 0) is 0 Å². The molecule has 1 N–H and O–H groups in total. The van der Waals surface area contributed by atoms with E-state index in [-0.39, 0.29) is 0 Å². The number of fused-ring (bicyclic) bond motifs is 5. The minimum atomic E-state index is 0.591. The minimum absolute atomic E-state index is 0.591. The topological polar surface area (TPSA) is 55.6 Å². The summed E-state index contributed by atoms with van der Waals surface area (Å²) in [5, 5.41) is 8.48. The van der Waals surface area contributed by atoms with Crippen LogP contribution in [-0.4, -0.2) is 19.5 Å². The molecular weight excluding hydrogens is 587 g/mol. The minimum Gasteiger partial charge on any atom is -0.354 e. The van der Waals surface area contributed by atoms with Crippen LogP contribution in [0.15, 0.2) is 158 Å². The Balaban J connectivity index is 1.16.